The van der Waals surface area contributed by atoms with Crippen molar-refractivity contribution in [3.63, 3.8) is 0 Å². The normalized spacial score (nSPS) is 16.6. The topological polar surface area (TPSA) is 51.2 Å². The second-order valence-corrected chi connectivity index (χ2v) is 2.86. The molecule has 2 heterocycles. The van der Waals surface area contributed by atoms with Crippen LogP contribution in [0.1, 0.15) is 12.5 Å². The summed E-state index contributed by atoms with van der Waals surface area (Å²) < 4.78 is 5.10. The van der Waals surface area contributed by atoms with Crippen LogP contribution in [0.5, 0.6) is 0 Å². The Kier molecular flexibility index (Phi) is 2.18. The molecule has 0 spiro atoms. The maximum Gasteiger partial charge on any atom is 0.259 e. The van der Waals surface area contributed by atoms with Gasteiger partial charge in [0, 0.05) is 11.8 Å². The number of amides is 1. The van der Waals surface area contributed by atoms with Crippen LogP contribution in [0.3, 0.4) is 0 Å². The SMILES string of the molecule is CCO/C=C1\C(=O)Nc2cnccc21. The number of pyridine rings is 1. The van der Waals surface area contributed by atoms with Gasteiger partial charge in [-0.25, -0.2) is 0 Å². The van der Waals surface area contributed by atoms with Gasteiger partial charge in [0.15, 0.2) is 0 Å². The average Bonchev–Trinajstić information content (AvgIpc) is 2.51. The Morgan fingerprint density at radius 3 is 3.29 bits per heavy atom. The molecule has 0 saturated carbocycles. The molecule has 0 fully saturated rings. The Morgan fingerprint density at radius 1 is 1.64 bits per heavy atom. The van der Waals surface area contributed by atoms with E-state index in [9.17, 15) is 4.79 Å². The Balaban J connectivity index is 2.39. The number of nitrogens with one attached hydrogen (secondary N) is 1. The lowest BCUT2D eigenvalue weighted by Crippen LogP contribution is -2.04. The molecule has 4 heteroatoms. The zero-order chi connectivity index (χ0) is 9.97. The predicted octanol–water partition coefficient (Wildman–Crippen LogP) is 1.41. The van der Waals surface area contributed by atoms with Gasteiger partial charge in [-0.1, -0.05) is 0 Å². The van der Waals surface area contributed by atoms with E-state index in [1.807, 2.05) is 6.92 Å². The van der Waals surface area contributed by atoms with Crippen molar-refractivity contribution in [1.29, 1.82) is 0 Å². The number of anilines is 1. The summed E-state index contributed by atoms with van der Waals surface area (Å²) in [7, 11) is 0. The number of fused-ring (bicyclic) bond motifs is 1. The fraction of sp³-hybridized carbons (Fsp3) is 0.200. The van der Waals surface area contributed by atoms with E-state index in [2.05, 4.69) is 10.3 Å². The van der Waals surface area contributed by atoms with Crippen LogP contribution >= 0.6 is 0 Å². The largest absolute Gasteiger partial charge is 0.501 e. The van der Waals surface area contributed by atoms with E-state index in [4.69, 9.17) is 4.74 Å². The number of carbonyl (C=O) groups is 1. The minimum absolute atomic E-state index is 0.138. The highest BCUT2D eigenvalue weighted by atomic mass is 16.5. The molecular weight excluding hydrogens is 180 g/mol. The minimum Gasteiger partial charge on any atom is -0.501 e. The first-order valence-electron chi connectivity index (χ1n) is 4.40. The summed E-state index contributed by atoms with van der Waals surface area (Å²) in [6.45, 7) is 2.43. The molecule has 0 aliphatic carbocycles. The molecule has 1 amide bonds. The highest BCUT2D eigenvalue weighted by Gasteiger charge is 2.24. The van der Waals surface area contributed by atoms with E-state index in [0.29, 0.717) is 12.2 Å². The number of nitrogens with zero attached hydrogens (tertiary/aromatic N) is 1. The number of hydrogen-bond donors (Lipinski definition) is 1. The molecule has 0 saturated heterocycles. The summed E-state index contributed by atoms with van der Waals surface area (Å²) in [6, 6.07) is 1.79. The minimum atomic E-state index is -0.138. The maximum absolute atomic E-state index is 11.4. The summed E-state index contributed by atoms with van der Waals surface area (Å²) in [4.78, 5) is 15.4. The monoisotopic (exact) mass is 190 g/mol. The zero-order valence-corrected chi connectivity index (χ0v) is 7.78. The molecule has 1 aliphatic rings. The summed E-state index contributed by atoms with van der Waals surface area (Å²) >= 11 is 0. The van der Waals surface area contributed by atoms with Crippen molar-refractivity contribution in [3.05, 3.63) is 30.3 Å². The molecule has 0 radical (unpaired) electrons. The average molecular weight is 190 g/mol. The number of ether oxygens (including phenoxy) is 1. The predicted molar refractivity (Wildman–Crippen MR) is 52.5 cm³/mol. The van der Waals surface area contributed by atoms with Gasteiger partial charge in [-0.3, -0.25) is 9.78 Å². The first kappa shape index (κ1) is 8.74. The Morgan fingerprint density at radius 2 is 2.50 bits per heavy atom. The molecule has 2 rings (SSSR count). The van der Waals surface area contributed by atoms with Gasteiger partial charge in [-0.05, 0) is 13.0 Å². The third-order valence-electron chi connectivity index (χ3n) is 1.97. The van der Waals surface area contributed by atoms with Gasteiger partial charge in [0.1, 0.15) is 0 Å². The molecule has 1 aliphatic heterocycles. The van der Waals surface area contributed by atoms with Gasteiger partial charge in [0.05, 0.1) is 30.3 Å². The lowest BCUT2D eigenvalue weighted by atomic mass is 10.1. The smallest absolute Gasteiger partial charge is 0.259 e. The van der Waals surface area contributed by atoms with Crippen molar-refractivity contribution in [1.82, 2.24) is 4.98 Å². The quantitative estimate of drug-likeness (QED) is 0.566. The first-order valence-corrected chi connectivity index (χ1v) is 4.40. The molecular formula is C10H10N2O2. The standard InChI is InChI=1S/C10H10N2O2/c1-2-14-6-8-7-3-4-11-5-9(7)12-10(8)13/h3-6H,2H2,1H3,(H,12,13)/b8-6-. The number of rotatable bonds is 2. The van der Waals surface area contributed by atoms with Crippen LogP contribution in [0.2, 0.25) is 0 Å². The van der Waals surface area contributed by atoms with E-state index in [1.165, 1.54) is 6.26 Å². The van der Waals surface area contributed by atoms with Crippen LogP contribution < -0.4 is 5.32 Å². The Labute approximate surface area is 81.6 Å². The van der Waals surface area contributed by atoms with Crippen LogP contribution in [0, 0.1) is 0 Å². The van der Waals surface area contributed by atoms with Gasteiger partial charge < -0.3 is 10.1 Å². The Bertz CT molecular complexity index is 399. The molecule has 1 aromatic heterocycles. The molecule has 0 aromatic carbocycles. The molecule has 0 bridgehead atoms. The lowest BCUT2D eigenvalue weighted by molar-refractivity contribution is -0.110. The van der Waals surface area contributed by atoms with E-state index < -0.39 is 0 Å². The van der Waals surface area contributed by atoms with E-state index in [1.54, 1.807) is 18.5 Å². The summed E-state index contributed by atoms with van der Waals surface area (Å²) in [5, 5.41) is 2.71. The van der Waals surface area contributed by atoms with Crippen molar-refractivity contribution in [2.45, 2.75) is 6.92 Å². The third kappa shape index (κ3) is 1.35. The highest BCUT2D eigenvalue weighted by molar-refractivity contribution is 6.31. The number of carbonyl (C=O) groups excluding carboxylic acids is 1. The van der Waals surface area contributed by atoms with Crippen LogP contribution in [0.4, 0.5) is 5.69 Å². The van der Waals surface area contributed by atoms with Crippen molar-refractivity contribution < 1.29 is 9.53 Å². The molecule has 14 heavy (non-hydrogen) atoms. The van der Waals surface area contributed by atoms with E-state index >= 15 is 0 Å². The Hall–Kier alpha value is -1.84. The first-order chi connectivity index (χ1) is 6.83. The lowest BCUT2D eigenvalue weighted by Gasteiger charge is -1.97. The van der Waals surface area contributed by atoms with Crippen molar-refractivity contribution in [2.75, 3.05) is 11.9 Å². The molecule has 0 atom stereocenters. The van der Waals surface area contributed by atoms with Crippen LogP contribution in [0.15, 0.2) is 24.7 Å². The fourth-order valence-electron chi connectivity index (χ4n) is 1.32. The second kappa shape index (κ2) is 3.49. The van der Waals surface area contributed by atoms with Gasteiger partial charge >= 0.3 is 0 Å². The van der Waals surface area contributed by atoms with Crippen LogP contribution in [0.25, 0.3) is 5.57 Å². The van der Waals surface area contributed by atoms with E-state index in [-0.39, 0.29) is 5.91 Å². The van der Waals surface area contributed by atoms with E-state index in [0.717, 1.165) is 11.3 Å². The molecule has 1 N–H and O–H groups in total. The van der Waals surface area contributed by atoms with Crippen molar-refractivity contribution >= 4 is 17.2 Å². The van der Waals surface area contributed by atoms with Gasteiger partial charge in [0.2, 0.25) is 0 Å². The molecule has 0 unspecified atom stereocenters. The molecule has 1 aromatic rings. The van der Waals surface area contributed by atoms with Gasteiger partial charge in [-0.15, -0.1) is 0 Å². The van der Waals surface area contributed by atoms with Crippen LogP contribution in [-0.2, 0) is 9.53 Å². The van der Waals surface area contributed by atoms with Gasteiger partial charge in [-0.2, -0.15) is 0 Å². The summed E-state index contributed by atoms with van der Waals surface area (Å²) in [5.74, 6) is -0.138. The number of aromatic nitrogens is 1. The maximum atomic E-state index is 11.4. The second-order valence-electron chi connectivity index (χ2n) is 2.86. The number of hydrogen-bond acceptors (Lipinski definition) is 3. The molecule has 72 valence electrons. The highest BCUT2D eigenvalue weighted by Crippen LogP contribution is 2.30. The third-order valence-corrected chi connectivity index (χ3v) is 1.97. The van der Waals surface area contributed by atoms with Crippen LogP contribution in [-0.4, -0.2) is 17.5 Å². The van der Waals surface area contributed by atoms with Crippen molar-refractivity contribution in [3.8, 4) is 0 Å². The summed E-state index contributed by atoms with van der Waals surface area (Å²) in [5.41, 5.74) is 2.14. The van der Waals surface area contributed by atoms with Crippen molar-refractivity contribution in [2.24, 2.45) is 0 Å². The molecule has 4 nitrogen and oxygen atoms in total. The fourth-order valence-corrected chi connectivity index (χ4v) is 1.32. The van der Waals surface area contributed by atoms with Gasteiger partial charge in [0.25, 0.3) is 5.91 Å². The summed E-state index contributed by atoms with van der Waals surface area (Å²) in [6.07, 6.45) is 4.76. The zero-order valence-electron chi connectivity index (χ0n) is 7.78.